The average molecular weight is 350 g/mol. The van der Waals surface area contributed by atoms with Gasteiger partial charge in [-0.2, -0.15) is 0 Å². The van der Waals surface area contributed by atoms with Gasteiger partial charge < -0.3 is 10.2 Å². The first kappa shape index (κ1) is 16.3. The lowest BCUT2D eigenvalue weighted by Gasteiger charge is -2.22. The third-order valence-corrected chi connectivity index (χ3v) is 5.01. The fourth-order valence-corrected chi connectivity index (χ4v) is 3.66. The van der Waals surface area contributed by atoms with Crippen molar-refractivity contribution in [2.24, 2.45) is 0 Å². The van der Waals surface area contributed by atoms with Crippen molar-refractivity contribution in [3.05, 3.63) is 51.7 Å². The van der Waals surface area contributed by atoms with Gasteiger partial charge in [0, 0.05) is 48.3 Å². The minimum absolute atomic E-state index is 0.0507. The minimum atomic E-state index is -0.0507. The van der Waals surface area contributed by atoms with E-state index in [0.29, 0.717) is 5.02 Å². The molecule has 0 bridgehead atoms. The van der Waals surface area contributed by atoms with Crippen molar-refractivity contribution < 1.29 is 4.79 Å². The molecule has 122 valence electrons. The molecule has 1 saturated heterocycles. The summed E-state index contributed by atoms with van der Waals surface area (Å²) in [5, 5.41) is 5.66. The highest BCUT2D eigenvalue weighted by Gasteiger charge is 2.19. The number of urea groups is 1. The van der Waals surface area contributed by atoms with Gasteiger partial charge >= 0.3 is 6.03 Å². The predicted octanol–water partition coefficient (Wildman–Crippen LogP) is 4.14. The Kier molecular flexibility index (Phi) is 5.54. The van der Waals surface area contributed by atoms with Crippen LogP contribution in [0.2, 0.25) is 5.02 Å². The molecule has 1 aromatic heterocycles. The molecular weight excluding hydrogens is 330 g/mol. The number of benzene rings is 1. The molecule has 1 aliphatic rings. The number of anilines is 1. The highest BCUT2D eigenvalue weighted by molar-refractivity contribution is 7.09. The van der Waals surface area contributed by atoms with E-state index in [1.165, 1.54) is 4.88 Å². The van der Waals surface area contributed by atoms with Crippen molar-refractivity contribution in [1.82, 2.24) is 9.80 Å². The third kappa shape index (κ3) is 4.70. The Bertz CT molecular complexity index is 647. The first-order valence-electron chi connectivity index (χ1n) is 7.77. The summed E-state index contributed by atoms with van der Waals surface area (Å²) in [7, 11) is 0. The molecule has 0 saturated carbocycles. The Hall–Kier alpha value is -1.56. The van der Waals surface area contributed by atoms with Crippen molar-refractivity contribution >= 4 is 34.7 Å². The van der Waals surface area contributed by atoms with Crippen molar-refractivity contribution in [2.75, 3.05) is 31.5 Å². The number of rotatable bonds is 3. The molecule has 0 atom stereocenters. The fourth-order valence-electron chi connectivity index (χ4n) is 2.72. The molecule has 1 fully saturated rings. The van der Waals surface area contributed by atoms with Crippen molar-refractivity contribution in [3.63, 3.8) is 0 Å². The molecule has 1 aromatic carbocycles. The van der Waals surface area contributed by atoms with Gasteiger partial charge in [0.15, 0.2) is 0 Å². The second kappa shape index (κ2) is 7.81. The number of halogens is 1. The molecule has 3 rings (SSSR count). The Morgan fingerprint density at radius 3 is 2.87 bits per heavy atom. The first-order valence-corrected chi connectivity index (χ1v) is 9.03. The molecular formula is C17H20ClN3OS. The van der Waals surface area contributed by atoms with E-state index in [0.717, 1.165) is 44.8 Å². The Labute approximate surface area is 145 Å². The van der Waals surface area contributed by atoms with E-state index in [-0.39, 0.29) is 6.03 Å². The van der Waals surface area contributed by atoms with E-state index in [1.54, 1.807) is 23.5 Å². The van der Waals surface area contributed by atoms with Crippen molar-refractivity contribution in [3.8, 4) is 0 Å². The average Bonchev–Trinajstić information content (AvgIpc) is 2.91. The van der Waals surface area contributed by atoms with Crippen LogP contribution >= 0.6 is 22.9 Å². The van der Waals surface area contributed by atoms with Crippen molar-refractivity contribution in [2.45, 2.75) is 13.0 Å². The summed E-state index contributed by atoms with van der Waals surface area (Å²) < 4.78 is 0. The molecule has 0 aliphatic carbocycles. The molecule has 0 unspecified atom stereocenters. The fraction of sp³-hybridized carbons (Fsp3) is 0.353. The molecule has 2 heterocycles. The van der Waals surface area contributed by atoms with Crippen LogP contribution in [0.25, 0.3) is 0 Å². The number of thiophene rings is 1. The van der Waals surface area contributed by atoms with E-state index in [4.69, 9.17) is 11.6 Å². The highest BCUT2D eigenvalue weighted by Crippen LogP contribution is 2.17. The maximum absolute atomic E-state index is 12.4. The monoisotopic (exact) mass is 349 g/mol. The summed E-state index contributed by atoms with van der Waals surface area (Å²) in [4.78, 5) is 18.1. The van der Waals surface area contributed by atoms with Gasteiger partial charge in [-0.15, -0.1) is 11.3 Å². The zero-order valence-corrected chi connectivity index (χ0v) is 14.4. The Morgan fingerprint density at radius 2 is 2.09 bits per heavy atom. The topological polar surface area (TPSA) is 35.6 Å². The zero-order chi connectivity index (χ0) is 16.1. The van der Waals surface area contributed by atoms with E-state index in [9.17, 15) is 4.79 Å². The van der Waals surface area contributed by atoms with E-state index in [2.05, 4.69) is 27.7 Å². The number of carbonyl (C=O) groups is 1. The van der Waals surface area contributed by atoms with E-state index < -0.39 is 0 Å². The summed E-state index contributed by atoms with van der Waals surface area (Å²) in [5.74, 6) is 0. The van der Waals surface area contributed by atoms with Gasteiger partial charge in [-0.1, -0.05) is 23.7 Å². The third-order valence-electron chi connectivity index (χ3n) is 3.91. The number of carbonyl (C=O) groups excluding carboxylic acids is 1. The Morgan fingerprint density at radius 1 is 1.17 bits per heavy atom. The summed E-state index contributed by atoms with van der Waals surface area (Å²) >= 11 is 7.74. The summed E-state index contributed by atoms with van der Waals surface area (Å²) in [5.41, 5.74) is 0.738. The molecule has 6 heteroatoms. The van der Waals surface area contributed by atoms with Gasteiger partial charge in [-0.25, -0.2) is 4.79 Å². The summed E-state index contributed by atoms with van der Waals surface area (Å²) in [6.07, 6.45) is 0.994. The zero-order valence-electron chi connectivity index (χ0n) is 12.9. The minimum Gasteiger partial charge on any atom is -0.323 e. The highest BCUT2D eigenvalue weighted by atomic mass is 35.5. The lowest BCUT2D eigenvalue weighted by molar-refractivity contribution is 0.211. The van der Waals surface area contributed by atoms with Gasteiger partial charge in [0.2, 0.25) is 0 Å². The maximum atomic E-state index is 12.4. The lowest BCUT2D eigenvalue weighted by atomic mass is 10.3. The van der Waals surface area contributed by atoms with E-state index in [1.807, 2.05) is 17.0 Å². The number of nitrogens with zero attached hydrogens (tertiary/aromatic N) is 2. The molecule has 2 aromatic rings. The number of amides is 2. The van der Waals surface area contributed by atoms with Crippen LogP contribution in [0.5, 0.6) is 0 Å². The number of nitrogens with one attached hydrogen (secondary N) is 1. The van der Waals surface area contributed by atoms with Crippen LogP contribution in [0.15, 0.2) is 41.8 Å². The van der Waals surface area contributed by atoms with Crippen LogP contribution < -0.4 is 5.32 Å². The largest absolute Gasteiger partial charge is 0.323 e. The van der Waals surface area contributed by atoms with Crippen LogP contribution in [0.1, 0.15) is 11.3 Å². The molecule has 1 aliphatic heterocycles. The molecule has 23 heavy (non-hydrogen) atoms. The van der Waals surface area contributed by atoms with Gasteiger partial charge in [0.05, 0.1) is 0 Å². The predicted molar refractivity (Wildman–Crippen MR) is 96.3 cm³/mol. The molecule has 0 radical (unpaired) electrons. The van der Waals surface area contributed by atoms with Crippen LogP contribution in [-0.4, -0.2) is 42.0 Å². The summed E-state index contributed by atoms with van der Waals surface area (Å²) in [6.45, 7) is 4.44. The Balaban J connectivity index is 1.53. The first-order chi connectivity index (χ1) is 11.2. The van der Waals surface area contributed by atoms with Gasteiger partial charge in [0.1, 0.15) is 0 Å². The molecule has 1 N–H and O–H groups in total. The molecule has 2 amide bonds. The van der Waals surface area contributed by atoms with Crippen LogP contribution in [0, 0.1) is 0 Å². The summed E-state index contributed by atoms with van der Waals surface area (Å²) in [6, 6.07) is 11.5. The SMILES string of the molecule is O=C(Nc1cccc(Cl)c1)N1CCCN(Cc2cccs2)CC1. The van der Waals surface area contributed by atoms with Crippen LogP contribution in [0.3, 0.4) is 0 Å². The van der Waals surface area contributed by atoms with Crippen LogP contribution in [0.4, 0.5) is 10.5 Å². The number of hydrogen-bond donors (Lipinski definition) is 1. The number of hydrogen-bond acceptors (Lipinski definition) is 3. The van der Waals surface area contributed by atoms with Gasteiger partial charge in [-0.3, -0.25) is 4.90 Å². The standard InChI is InChI=1S/C17H20ClN3OS/c18-14-4-1-5-15(12-14)19-17(22)21-8-3-7-20(9-10-21)13-16-6-2-11-23-16/h1-2,4-6,11-12H,3,7-10,13H2,(H,19,22). The second-order valence-corrected chi connectivity index (χ2v) is 7.11. The smallest absolute Gasteiger partial charge is 0.321 e. The van der Waals surface area contributed by atoms with Crippen LogP contribution in [-0.2, 0) is 6.54 Å². The molecule has 0 spiro atoms. The van der Waals surface area contributed by atoms with E-state index >= 15 is 0 Å². The maximum Gasteiger partial charge on any atom is 0.321 e. The lowest BCUT2D eigenvalue weighted by Crippen LogP contribution is -2.37. The second-order valence-electron chi connectivity index (χ2n) is 5.64. The van der Waals surface area contributed by atoms with Gasteiger partial charge in [0.25, 0.3) is 0 Å². The quantitative estimate of drug-likeness (QED) is 0.903. The normalized spacial score (nSPS) is 16.1. The van der Waals surface area contributed by atoms with Gasteiger partial charge in [-0.05, 0) is 36.1 Å². The van der Waals surface area contributed by atoms with Crippen molar-refractivity contribution in [1.29, 1.82) is 0 Å². The molecule has 4 nitrogen and oxygen atoms in total.